The van der Waals surface area contributed by atoms with E-state index in [1.165, 1.54) is 12.1 Å². The molecule has 1 aliphatic rings. The second-order valence-corrected chi connectivity index (χ2v) is 6.48. The molecule has 2 N–H and O–H groups in total. The zero-order valence-corrected chi connectivity index (χ0v) is 15.6. The van der Waals surface area contributed by atoms with Gasteiger partial charge in [0.2, 0.25) is 0 Å². The van der Waals surface area contributed by atoms with Crippen LogP contribution in [0.4, 0.5) is 27.3 Å². The molecule has 1 aromatic heterocycles. The first kappa shape index (κ1) is 18.8. The molecule has 7 nitrogen and oxygen atoms in total. The van der Waals surface area contributed by atoms with Crippen molar-refractivity contribution >= 4 is 28.8 Å². The molecule has 0 atom stereocenters. The molecular formula is C21H20FN5O2. The third kappa shape index (κ3) is 4.49. The average Bonchev–Trinajstić information content (AvgIpc) is 2.77. The Labute approximate surface area is 167 Å². The van der Waals surface area contributed by atoms with Gasteiger partial charge in [-0.1, -0.05) is 24.3 Å². The van der Waals surface area contributed by atoms with Crippen LogP contribution < -0.4 is 15.5 Å². The molecule has 0 spiro atoms. The highest BCUT2D eigenvalue weighted by Crippen LogP contribution is 2.28. The van der Waals surface area contributed by atoms with Gasteiger partial charge < -0.3 is 20.3 Å². The van der Waals surface area contributed by atoms with Crippen molar-refractivity contribution in [2.45, 2.75) is 0 Å². The van der Waals surface area contributed by atoms with Gasteiger partial charge in [0, 0.05) is 13.1 Å². The van der Waals surface area contributed by atoms with E-state index in [4.69, 9.17) is 4.74 Å². The van der Waals surface area contributed by atoms with Crippen LogP contribution in [0.1, 0.15) is 10.5 Å². The van der Waals surface area contributed by atoms with Crippen molar-refractivity contribution in [1.29, 1.82) is 0 Å². The van der Waals surface area contributed by atoms with Gasteiger partial charge in [-0.2, -0.15) is 0 Å². The molecule has 2 heterocycles. The van der Waals surface area contributed by atoms with E-state index in [1.54, 1.807) is 24.3 Å². The first-order chi connectivity index (χ1) is 14.2. The predicted octanol–water partition coefficient (Wildman–Crippen LogP) is 3.45. The lowest BCUT2D eigenvalue weighted by atomic mass is 10.2. The summed E-state index contributed by atoms with van der Waals surface area (Å²) >= 11 is 0. The number of para-hydroxylation sites is 3. The molecule has 1 saturated heterocycles. The topological polar surface area (TPSA) is 79.4 Å². The highest BCUT2D eigenvalue weighted by atomic mass is 19.1. The summed E-state index contributed by atoms with van der Waals surface area (Å²) in [6.45, 7) is 3.03. The Hall–Kier alpha value is -3.52. The van der Waals surface area contributed by atoms with Crippen molar-refractivity contribution in [3.8, 4) is 0 Å². The SMILES string of the molecule is O=C(Nc1ccccc1F)c1ccc(Nc2ccccc2N2CCOCC2)nn1. The molecule has 3 aromatic rings. The number of aromatic nitrogens is 2. The van der Waals surface area contributed by atoms with E-state index >= 15 is 0 Å². The van der Waals surface area contributed by atoms with E-state index in [1.807, 2.05) is 24.3 Å². The first-order valence-electron chi connectivity index (χ1n) is 9.29. The van der Waals surface area contributed by atoms with Gasteiger partial charge in [-0.15, -0.1) is 10.2 Å². The Morgan fingerprint density at radius 1 is 0.931 bits per heavy atom. The average molecular weight is 393 g/mol. The van der Waals surface area contributed by atoms with E-state index < -0.39 is 11.7 Å². The van der Waals surface area contributed by atoms with Crippen LogP contribution in [-0.4, -0.2) is 42.4 Å². The molecule has 1 fully saturated rings. The zero-order chi connectivity index (χ0) is 20.1. The van der Waals surface area contributed by atoms with E-state index in [9.17, 15) is 9.18 Å². The number of nitrogens with one attached hydrogen (secondary N) is 2. The third-order valence-electron chi connectivity index (χ3n) is 4.54. The normalized spacial score (nSPS) is 13.8. The van der Waals surface area contributed by atoms with Crippen LogP contribution >= 0.6 is 0 Å². The van der Waals surface area contributed by atoms with Gasteiger partial charge in [-0.3, -0.25) is 4.79 Å². The quantitative estimate of drug-likeness (QED) is 0.691. The molecule has 29 heavy (non-hydrogen) atoms. The second kappa shape index (κ2) is 8.66. The van der Waals surface area contributed by atoms with Crippen LogP contribution in [0.3, 0.4) is 0 Å². The number of halogens is 1. The summed E-state index contributed by atoms with van der Waals surface area (Å²) in [6.07, 6.45) is 0. The zero-order valence-electron chi connectivity index (χ0n) is 15.6. The van der Waals surface area contributed by atoms with Gasteiger partial charge in [0.25, 0.3) is 5.91 Å². The van der Waals surface area contributed by atoms with Gasteiger partial charge in [0.15, 0.2) is 11.5 Å². The molecule has 148 valence electrons. The Bertz CT molecular complexity index is 990. The molecule has 4 rings (SSSR count). The van der Waals surface area contributed by atoms with Crippen LogP contribution in [0.25, 0.3) is 0 Å². The van der Waals surface area contributed by atoms with Gasteiger partial charge >= 0.3 is 0 Å². The maximum absolute atomic E-state index is 13.7. The first-order valence-corrected chi connectivity index (χ1v) is 9.29. The number of morpholine rings is 1. The number of benzene rings is 2. The largest absolute Gasteiger partial charge is 0.378 e. The summed E-state index contributed by atoms with van der Waals surface area (Å²) in [5, 5.41) is 13.8. The smallest absolute Gasteiger partial charge is 0.276 e. The van der Waals surface area contributed by atoms with Gasteiger partial charge in [0.1, 0.15) is 5.82 Å². The van der Waals surface area contributed by atoms with Crippen molar-refractivity contribution in [2.24, 2.45) is 0 Å². The lowest BCUT2D eigenvalue weighted by Crippen LogP contribution is -2.36. The highest BCUT2D eigenvalue weighted by molar-refractivity contribution is 6.02. The molecule has 1 aliphatic heterocycles. The van der Waals surface area contributed by atoms with Crippen LogP contribution in [0.5, 0.6) is 0 Å². The molecule has 1 amide bonds. The van der Waals surface area contributed by atoms with E-state index in [2.05, 4.69) is 25.7 Å². The summed E-state index contributed by atoms with van der Waals surface area (Å²) in [4.78, 5) is 14.5. The molecule has 0 radical (unpaired) electrons. The summed E-state index contributed by atoms with van der Waals surface area (Å²) in [5.41, 5.74) is 2.15. The number of ether oxygens (including phenoxy) is 1. The Balaban J connectivity index is 1.46. The molecule has 0 bridgehead atoms. The van der Waals surface area contributed by atoms with Gasteiger partial charge in [0.05, 0.1) is 30.3 Å². The molecular weight excluding hydrogens is 373 g/mol. The summed E-state index contributed by atoms with van der Waals surface area (Å²) in [7, 11) is 0. The monoisotopic (exact) mass is 393 g/mol. The maximum Gasteiger partial charge on any atom is 0.276 e. The number of anilines is 4. The lowest BCUT2D eigenvalue weighted by molar-refractivity contribution is 0.102. The number of hydrogen-bond acceptors (Lipinski definition) is 6. The number of hydrogen-bond donors (Lipinski definition) is 2. The van der Waals surface area contributed by atoms with Crippen LogP contribution in [0.2, 0.25) is 0 Å². The second-order valence-electron chi connectivity index (χ2n) is 6.48. The summed E-state index contributed by atoms with van der Waals surface area (Å²) in [6, 6.07) is 17.1. The number of carbonyl (C=O) groups is 1. The summed E-state index contributed by atoms with van der Waals surface area (Å²) in [5.74, 6) is -0.525. The predicted molar refractivity (Wildman–Crippen MR) is 109 cm³/mol. The van der Waals surface area contributed by atoms with E-state index in [-0.39, 0.29) is 11.4 Å². The number of carbonyl (C=O) groups excluding carboxylic acids is 1. The highest BCUT2D eigenvalue weighted by Gasteiger charge is 2.15. The third-order valence-corrected chi connectivity index (χ3v) is 4.54. The molecule has 0 saturated carbocycles. The van der Waals surface area contributed by atoms with E-state index in [0.717, 1.165) is 24.5 Å². The van der Waals surface area contributed by atoms with Crippen molar-refractivity contribution in [3.63, 3.8) is 0 Å². The minimum atomic E-state index is -0.525. The minimum Gasteiger partial charge on any atom is -0.378 e. The number of nitrogens with zero attached hydrogens (tertiary/aromatic N) is 3. The fourth-order valence-electron chi connectivity index (χ4n) is 3.07. The van der Waals surface area contributed by atoms with Crippen molar-refractivity contribution in [3.05, 3.63) is 72.2 Å². The molecule has 8 heteroatoms. The van der Waals surface area contributed by atoms with Crippen LogP contribution in [-0.2, 0) is 4.74 Å². The molecule has 0 unspecified atom stereocenters. The maximum atomic E-state index is 13.7. The number of rotatable bonds is 5. The fraction of sp³-hybridized carbons (Fsp3) is 0.190. The van der Waals surface area contributed by atoms with Crippen molar-refractivity contribution < 1.29 is 13.9 Å². The van der Waals surface area contributed by atoms with Gasteiger partial charge in [-0.25, -0.2) is 4.39 Å². The molecule has 2 aromatic carbocycles. The Morgan fingerprint density at radius 2 is 1.66 bits per heavy atom. The standard InChI is InChI=1S/C21H20FN5O2/c22-15-5-1-2-6-16(15)24-21(28)18-9-10-20(26-25-18)23-17-7-3-4-8-19(17)27-11-13-29-14-12-27/h1-10H,11-14H2,(H,23,26)(H,24,28). The molecule has 0 aliphatic carbocycles. The van der Waals surface area contributed by atoms with Crippen LogP contribution in [0.15, 0.2) is 60.7 Å². The summed E-state index contributed by atoms with van der Waals surface area (Å²) < 4.78 is 19.1. The Morgan fingerprint density at radius 3 is 2.38 bits per heavy atom. The fourth-order valence-corrected chi connectivity index (χ4v) is 3.07. The van der Waals surface area contributed by atoms with Crippen molar-refractivity contribution in [1.82, 2.24) is 10.2 Å². The minimum absolute atomic E-state index is 0.0975. The number of amides is 1. The Kier molecular flexibility index (Phi) is 5.62. The van der Waals surface area contributed by atoms with E-state index in [0.29, 0.717) is 19.0 Å². The van der Waals surface area contributed by atoms with Crippen molar-refractivity contribution in [2.75, 3.05) is 41.8 Å². The lowest BCUT2D eigenvalue weighted by Gasteiger charge is -2.30. The van der Waals surface area contributed by atoms with Crippen LogP contribution in [0, 0.1) is 5.82 Å². The van der Waals surface area contributed by atoms with Gasteiger partial charge in [-0.05, 0) is 36.4 Å².